The van der Waals surface area contributed by atoms with Crippen LogP contribution in [-0.4, -0.2) is 22.3 Å². The van der Waals surface area contributed by atoms with Gasteiger partial charge in [-0.2, -0.15) is 4.39 Å². The van der Waals surface area contributed by atoms with E-state index in [0.717, 1.165) is 4.68 Å². The first kappa shape index (κ1) is 11.9. The van der Waals surface area contributed by atoms with E-state index in [9.17, 15) is 9.18 Å². The molecule has 90 valence electrons. The Morgan fingerprint density at radius 1 is 1.22 bits per heavy atom. The van der Waals surface area contributed by atoms with Gasteiger partial charge in [-0.1, -0.05) is 16.8 Å². The molecule has 0 unspecified atom stereocenters. The van der Waals surface area contributed by atoms with E-state index < -0.39 is 5.82 Å². The quantitative estimate of drug-likeness (QED) is 0.509. The highest BCUT2D eigenvalue weighted by atomic mass is 19.1. The van der Waals surface area contributed by atoms with Crippen molar-refractivity contribution in [1.82, 2.24) is 10.4 Å². The standard InChI is InChI=1S/C13H10FN3O/c1-17(12-5-3-2-4-11(12)14)16-13(18)10-6-8-15-9-7-10/h2-9H,1H2/p+1. The normalized spacial score (nSPS) is 9.83. The zero-order valence-electron chi connectivity index (χ0n) is 9.51. The molecule has 1 N–H and O–H groups in total. The first-order valence-electron chi connectivity index (χ1n) is 5.24. The van der Waals surface area contributed by atoms with E-state index in [4.69, 9.17) is 0 Å². The molecule has 0 radical (unpaired) electrons. The number of benzene rings is 1. The number of rotatable bonds is 3. The zero-order chi connectivity index (χ0) is 13.0. The highest BCUT2D eigenvalue weighted by molar-refractivity contribution is 5.93. The summed E-state index contributed by atoms with van der Waals surface area (Å²) in [6.45, 7) is 3.58. The maximum absolute atomic E-state index is 13.4. The predicted octanol–water partition coefficient (Wildman–Crippen LogP) is 1.91. The summed E-state index contributed by atoms with van der Waals surface area (Å²) >= 11 is 0. The molecule has 1 aromatic heterocycles. The predicted molar refractivity (Wildman–Crippen MR) is 65.1 cm³/mol. The Bertz CT molecular complexity index is 584. The summed E-state index contributed by atoms with van der Waals surface area (Å²) in [4.78, 5) is 15.6. The Kier molecular flexibility index (Phi) is 3.43. The minimum Gasteiger partial charge on any atom is -0.265 e. The fraction of sp³-hybridized carbons (Fsp3) is 0. The van der Waals surface area contributed by atoms with Crippen LogP contribution in [0.15, 0.2) is 48.8 Å². The molecule has 0 bridgehead atoms. The third-order valence-electron chi connectivity index (χ3n) is 2.32. The molecule has 18 heavy (non-hydrogen) atoms. The van der Waals surface area contributed by atoms with Crippen LogP contribution >= 0.6 is 0 Å². The van der Waals surface area contributed by atoms with Crippen molar-refractivity contribution in [2.75, 3.05) is 0 Å². The van der Waals surface area contributed by atoms with Crippen molar-refractivity contribution in [1.29, 1.82) is 0 Å². The van der Waals surface area contributed by atoms with Crippen LogP contribution in [0, 0.1) is 5.82 Å². The van der Waals surface area contributed by atoms with E-state index in [1.807, 2.05) is 0 Å². The van der Waals surface area contributed by atoms with Crippen molar-refractivity contribution in [3.05, 3.63) is 60.2 Å². The summed E-state index contributed by atoms with van der Waals surface area (Å²) in [5.74, 6) is -0.835. The number of nitrogens with one attached hydrogen (secondary N) is 1. The number of hydrazine groups is 1. The molecule has 0 atom stereocenters. The molecular weight excluding hydrogens is 233 g/mol. The molecule has 2 rings (SSSR count). The summed E-state index contributed by atoms with van der Waals surface area (Å²) in [5, 5.41) is 0. The first-order chi connectivity index (χ1) is 8.68. The lowest BCUT2D eigenvalue weighted by Crippen LogP contribution is -2.31. The Labute approximate surface area is 103 Å². The first-order valence-corrected chi connectivity index (χ1v) is 5.24. The van der Waals surface area contributed by atoms with Gasteiger partial charge in [0.15, 0.2) is 12.5 Å². The van der Waals surface area contributed by atoms with E-state index in [0.29, 0.717) is 5.56 Å². The molecule has 0 aliphatic carbocycles. The molecule has 0 saturated heterocycles. The molecule has 1 aromatic carbocycles. The SMILES string of the molecule is C=[N+](NC(=O)c1ccncc1)c1ccccc1F. The fourth-order valence-corrected chi connectivity index (χ4v) is 1.42. The fourth-order valence-electron chi connectivity index (χ4n) is 1.42. The van der Waals surface area contributed by atoms with Crippen LogP contribution in [0.1, 0.15) is 10.4 Å². The van der Waals surface area contributed by atoms with Crippen LogP contribution < -0.4 is 5.43 Å². The zero-order valence-corrected chi connectivity index (χ0v) is 9.51. The number of hydrazone groups is 1. The van der Waals surface area contributed by atoms with Gasteiger partial charge in [-0.3, -0.25) is 9.78 Å². The Morgan fingerprint density at radius 2 is 1.89 bits per heavy atom. The minimum absolute atomic E-state index is 0.194. The van der Waals surface area contributed by atoms with Crippen LogP contribution in [-0.2, 0) is 0 Å². The number of amides is 1. The second-order valence-electron chi connectivity index (χ2n) is 3.56. The van der Waals surface area contributed by atoms with Crippen molar-refractivity contribution in [2.24, 2.45) is 0 Å². The van der Waals surface area contributed by atoms with Crippen molar-refractivity contribution >= 4 is 18.3 Å². The highest BCUT2D eigenvalue weighted by Gasteiger charge is 2.16. The Morgan fingerprint density at radius 3 is 2.56 bits per heavy atom. The summed E-state index contributed by atoms with van der Waals surface area (Å²) in [7, 11) is 0. The van der Waals surface area contributed by atoms with Gasteiger partial charge < -0.3 is 0 Å². The topological polar surface area (TPSA) is 45.0 Å². The highest BCUT2D eigenvalue weighted by Crippen LogP contribution is 2.14. The van der Waals surface area contributed by atoms with Gasteiger partial charge in [0.05, 0.1) is 0 Å². The van der Waals surface area contributed by atoms with Gasteiger partial charge in [0.25, 0.3) is 5.69 Å². The maximum Gasteiger partial charge on any atom is 0.305 e. The van der Waals surface area contributed by atoms with E-state index in [2.05, 4.69) is 17.1 Å². The van der Waals surface area contributed by atoms with Crippen LogP contribution in [0.5, 0.6) is 0 Å². The summed E-state index contributed by atoms with van der Waals surface area (Å²) < 4.78 is 14.5. The lowest BCUT2D eigenvalue weighted by atomic mass is 10.2. The number of hydrogen-bond donors (Lipinski definition) is 1. The van der Waals surface area contributed by atoms with E-state index in [1.165, 1.54) is 24.5 Å². The van der Waals surface area contributed by atoms with Crippen LogP contribution in [0.25, 0.3) is 0 Å². The number of pyridine rings is 1. The van der Waals surface area contributed by atoms with Gasteiger partial charge in [0, 0.05) is 24.0 Å². The largest absolute Gasteiger partial charge is 0.305 e. The van der Waals surface area contributed by atoms with Gasteiger partial charge in [0.1, 0.15) is 0 Å². The summed E-state index contributed by atoms with van der Waals surface area (Å²) in [6, 6.07) is 9.17. The van der Waals surface area contributed by atoms with Gasteiger partial charge in [-0.05, 0) is 18.2 Å². The summed E-state index contributed by atoms with van der Waals surface area (Å²) in [5.41, 5.74) is 3.09. The number of carbonyl (C=O) groups is 1. The average Bonchev–Trinajstić information content (AvgIpc) is 2.40. The van der Waals surface area contributed by atoms with Crippen molar-refractivity contribution < 1.29 is 13.9 Å². The molecule has 0 aliphatic rings. The second-order valence-corrected chi connectivity index (χ2v) is 3.56. The van der Waals surface area contributed by atoms with Crippen molar-refractivity contribution in [2.45, 2.75) is 0 Å². The minimum atomic E-state index is -0.456. The molecule has 4 nitrogen and oxygen atoms in total. The van der Waals surface area contributed by atoms with Crippen LogP contribution in [0.3, 0.4) is 0 Å². The van der Waals surface area contributed by atoms with Gasteiger partial charge in [0.2, 0.25) is 0 Å². The smallest absolute Gasteiger partial charge is 0.265 e. The third kappa shape index (κ3) is 2.57. The molecule has 0 fully saturated rings. The van der Waals surface area contributed by atoms with E-state index in [1.54, 1.807) is 24.3 Å². The monoisotopic (exact) mass is 244 g/mol. The van der Waals surface area contributed by atoms with E-state index >= 15 is 0 Å². The Hall–Kier alpha value is -2.56. The second kappa shape index (κ2) is 5.18. The molecule has 0 aliphatic heterocycles. The molecule has 0 spiro atoms. The van der Waals surface area contributed by atoms with Crippen LogP contribution in [0.4, 0.5) is 10.1 Å². The molecule has 0 saturated carbocycles. The van der Waals surface area contributed by atoms with E-state index in [-0.39, 0.29) is 11.6 Å². The Balaban J connectivity index is 2.14. The lowest BCUT2D eigenvalue weighted by Gasteiger charge is -2.02. The number of hydrogen-bond acceptors (Lipinski definition) is 2. The van der Waals surface area contributed by atoms with Gasteiger partial charge in [-0.25, -0.2) is 0 Å². The van der Waals surface area contributed by atoms with Crippen molar-refractivity contribution in [3.8, 4) is 0 Å². The third-order valence-corrected chi connectivity index (χ3v) is 2.32. The molecular formula is C13H11FN3O+. The summed E-state index contributed by atoms with van der Waals surface area (Å²) in [6.07, 6.45) is 3.01. The molecule has 2 aromatic rings. The molecule has 5 heteroatoms. The molecule has 1 heterocycles. The maximum atomic E-state index is 13.4. The van der Waals surface area contributed by atoms with Gasteiger partial charge in [-0.15, -0.1) is 5.43 Å². The number of nitrogens with zero attached hydrogens (tertiary/aromatic N) is 2. The van der Waals surface area contributed by atoms with Crippen LogP contribution in [0.2, 0.25) is 0 Å². The number of aromatic nitrogens is 1. The number of carbonyl (C=O) groups excluding carboxylic acids is 1. The van der Waals surface area contributed by atoms with Gasteiger partial charge >= 0.3 is 5.91 Å². The van der Waals surface area contributed by atoms with Crippen molar-refractivity contribution in [3.63, 3.8) is 0 Å². The number of para-hydroxylation sites is 1. The molecule has 1 amide bonds. The lowest BCUT2D eigenvalue weighted by molar-refractivity contribution is -0.483. The number of halogens is 1. The average molecular weight is 244 g/mol.